The Bertz CT molecular complexity index is 516. The maximum Gasteiger partial charge on any atom is 0.127 e. The fourth-order valence-corrected chi connectivity index (χ4v) is 2.51. The number of aliphatic hydroxyl groups excluding tert-OH is 1. The van der Waals surface area contributed by atoms with Crippen LogP contribution in [0.2, 0.25) is 0 Å². The fourth-order valence-electron chi connectivity index (χ4n) is 2.51. The van der Waals surface area contributed by atoms with E-state index >= 15 is 0 Å². The summed E-state index contributed by atoms with van der Waals surface area (Å²) < 4.78 is 5.95. The molecule has 3 rings (SSSR count). The minimum absolute atomic E-state index is 0.0409. The van der Waals surface area contributed by atoms with Gasteiger partial charge in [-0.25, -0.2) is 0 Å². The van der Waals surface area contributed by atoms with E-state index in [0.29, 0.717) is 0 Å². The number of rotatable bonds is 2. The summed E-state index contributed by atoms with van der Waals surface area (Å²) in [6.07, 6.45) is 2.51. The zero-order chi connectivity index (χ0) is 11.7. The zero-order valence-electron chi connectivity index (χ0n) is 9.67. The molecule has 2 atom stereocenters. The molecule has 1 fully saturated rings. The molecule has 0 saturated heterocycles. The minimum Gasteiger partial charge on any atom is -0.487 e. The third-order valence-electron chi connectivity index (χ3n) is 3.45. The number of fused-ring (bicyclic) bond motifs is 1. The highest BCUT2D eigenvalue weighted by Gasteiger charge is 2.27. The van der Waals surface area contributed by atoms with Gasteiger partial charge in [-0.15, -0.1) is 0 Å². The number of hydrogen-bond donors (Lipinski definition) is 1. The van der Waals surface area contributed by atoms with E-state index < -0.39 is 0 Å². The lowest BCUT2D eigenvalue weighted by molar-refractivity contribution is 0.0614. The van der Waals surface area contributed by atoms with Crippen molar-refractivity contribution in [3.05, 3.63) is 42.5 Å². The lowest BCUT2D eigenvalue weighted by Gasteiger charge is -2.18. The predicted molar refractivity (Wildman–Crippen MR) is 68.2 cm³/mol. The Morgan fingerprint density at radius 3 is 2.65 bits per heavy atom. The van der Waals surface area contributed by atoms with Crippen molar-refractivity contribution in [3.8, 4) is 5.75 Å². The highest BCUT2D eigenvalue weighted by atomic mass is 16.5. The first-order valence-electron chi connectivity index (χ1n) is 6.17. The van der Waals surface area contributed by atoms with Gasteiger partial charge in [-0.2, -0.15) is 0 Å². The van der Waals surface area contributed by atoms with Crippen LogP contribution in [0.15, 0.2) is 42.5 Å². The number of benzene rings is 2. The van der Waals surface area contributed by atoms with E-state index in [9.17, 15) is 5.11 Å². The number of ether oxygens (including phenoxy) is 1. The summed E-state index contributed by atoms with van der Waals surface area (Å²) in [5, 5.41) is 12.1. The van der Waals surface area contributed by atoms with Gasteiger partial charge in [-0.1, -0.05) is 36.4 Å². The van der Waals surface area contributed by atoms with Crippen LogP contribution in [0.5, 0.6) is 5.75 Å². The first kappa shape index (κ1) is 10.6. The van der Waals surface area contributed by atoms with E-state index in [1.54, 1.807) is 0 Å². The first-order chi connectivity index (χ1) is 8.34. The lowest BCUT2D eigenvalue weighted by atomic mass is 10.1. The van der Waals surface area contributed by atoms with Gasteiger partial charge in [0.25, 0.3) is 0 Å². The minimum atomic E-state index is -0.311. The summed E-state index contributed by atoms with van der Waals surface area (Å²) in [5.74, 6) is 0.883. The lowest BCUT2D eigenvalue weighted by Crippen LogP contribution is -2.25. The molecule has 0 amide bonds. The molecule has 2 aromatic carbocycles. The molecule has 17 heavy (non-hydrogen) atoms. The van der Waals surface area contributed by atoms with Crippen LogP contribution in [0.3, 0.4) is 0 Å². The third kappa shape index (κ3) is 2.01. The Labute approximate surface area is 101 Å². The molecule has 2 unspecified atom stereocenters. The van der Waals surface area contributed by atoms with E-state index in [1.807, 2.05) is 24.3 Å². The summed E-state index contributed by atoms with van der Waals surface area (Å²) in [6.45, 7) is 0. The van der Waals surface area contributed by atoms with Crippen molar-refractivity contribution in [1.82, 2.24) is 0 Å². The van der Waals surface area contributed by atoms with Crippen molar-refractivity contribution < 1.29 is 9.84 Å². The Hall–Kier alpha value is -1.54. The third-order valence-corrected chi connectivity index (χ3v) is 3.45. The van der Waals surface area contributed by atoms with Gasteiger partial charge in [-0.05, 0) is 30.7 Å². The second-order valence-electron chi connectivity index (χ2n) is 4.63. The quantitative estimate of drug-likeness (QED) is 0.855. The monoisotopic (exact) mass is 228 g/mol. The normalized spacial score (nSPS) is 24.1. The van der Waals surface area contributed by atoms with E-state index in [2.05, 4.69) is 18.2 Å². The van der Waals surface area contributed by atoms with Gasteiger partial charge in [-0.3, -0.25) is 0 Å². The van der Waals surface area contributed by atoms with Crippen molar-refractivity contribution in [2.45, 2.75) is 31.5 Å². The van der Waals surface area contributed by atoms with Crippen LogP contribution in [-0.2, 0) is 0 Å². The smallest absolute Gasteiger partial charge is 0.127 e. The molecule has 88 valence electrons. The van der Waals surface area contributed by atoms with Crippen molar-refractivity contribution in [2.75, 3.05) is 0 Å². The second-order valence-corrected chi connectivity index (χ2v) is 4.63. The number of hydrogen-bond acceptors (Lipinski definition) is 2. The van der Waals surface area contributed by atoms with E-state index in [1.165, 1.54) is 5.39 Å². The number of aliphatic hydroxyl groups is 1. The molecular weight excluding hydrogens is 212 g/mol. The molecule has 1 N–H and O–H groups in total. The van der Waals surface area contributed by atoms with Gasteiger partial charge >= 0.3 is 0 Å². The second kappa shape index (κ2) is 4.38. The Balaban J connectivity index is 1.94. The van der Waals surface area contributed by atoms with Crippen molar-refractivity contribution in [3.63, 3.8) is 0 Å². The van der Waals surface area contributed by atoms with E-state index in [0.717, 1.165) is 30.4 Å². The van der Waals surface area contributed by atoms with Gasteiger partial charge in [0.2, 0.25) is 0 Å². The topological polar surface area (TPSA) is 29.5 Å². The van der Waals surface area contributed by atoms with Crippen LogP contribution >= 0.6 is 0 Å². The fraction of sp³-hybridized carbons (Fsp3) is 0.333. The van der Waals surface area contributed by atoms with Crippen molar-refractivity contribution in [2.24, 2.45) is 0 Å². The zero-order valence-corrected chi connectivity index (χ0v) is 9.67. The summed E-state index contributed by atoms with van der Waals surface area (Å²) >= 11 is 0. The summed E-state index contributed by atoms with van der Waals surface area (Å²) in [7, 11) is 0. The molecule has 0 bridgehead atoms. The van der Waals surface area contributed by atoms with E-state index in [-0.39, 0.29) is 12.2 Å². The Morgan fingerprint density at radius 1 is 1.00 bits per heavy atom. The molecule has 1 saturated carbocycles. The first-order valence-corrected chi connectivity index (χ1v) is 6.17. The molecule has 1 aliphatic rings. The standard InChI is InChI=1S/C15H16O2/c16-13-8-4-10-15(13)17-14-9-3-6-11-5-1-2-7-12(11)14/h1-3,5-7,9,13,15-16H,4,8,10H2. The van der Waals surface area contributed by atoms with Crippen LogP contribution in [0.25, 0.3) is 10.8 Å². The van der Waals surface area contributed by atoms with Gasteiger partial charge < -0.3 is 9.84 Å². The Morgan fingerprint density at radius 2 is 1.82 bits per heavy atom. The van der Waals surface area contributed by atoms with Crippen molar-refractivity contribution in [1.29, 1.82) is 0 Å². The van der Waals surface area contributed by atoms with Gasteiger partial charge in [0.15, 0.2) is 0 Å². The van der Waals surface area contributed by atoms with Crippen LogP contribution < -0.4 is 4.74 Å². The highest BCUT2D eigenvalue weighted by Crippen LogP contribution is 2.30. The average molecular weight is 228 g/mol. The summed E-state index contributed by atoms with van der Waals surface area (Å²) in [6, 6.07) is 14.2. The molecule has 0 radical (unpaired) electrons. The molecule has 0 aromatic heterocycles. The largest absolute Gasteiger partial charge is 0.487 e. The Kier molecular flexibility index (Phi) is 2.73. The predicted octanol–water partition coefficient (Wildman–Crippen LogP) is 3.13. The molecular formula is C15H16O2. The molecule has 2 aromatic rings. The average Bonchev–Trinajstić information content (AvgIpc) is 2.76. The summed E-state index contributed by atoms with van der Waals surface area (Å²) in [5.41, 5.74) is 0. The molecule has 0 aliphatic heterocycles. The SMILES string of the molecule is OC1CCCC1Oc1cccc2ccccc12. The summed E-state index contributed by atoms with van der Waals surface area (Å²) in [4.78, 5) is 0. The van der Waals surface area contributed by atoms with Crippen LogP contribution in [0.4, 0.5) is 0 Å². The van der Waals surface area contributed by atoms with Crippen LogP contribution in [0, 0.1) is 0 Å². The molecule has 2 nitrogen and oxygen atoms in total. The maximum atomic E-state index is 9.80. The molecule has 2 heteroatoms. The van der Waals surface area contributed by atoms with E-state index in [4.69, 9.17) is 4.74 Å². The highest BCUT2D eigenvalue weighted by molar-refractivity contribution is 5.88. The molecule has 0 spiro atoms. The van der Waals surface area contributed by atoms with Crippen LogP contribution in [-0.4, -0.2) is 17.3 Å². The van der Waals surface area contributed by atoms with Crippen molar-refractivity contribution >= 4 is 10.8 Å². The molecule has 1 aliphatic carbocycles. The van der Waals surface area contributed by atoms with Gasteiger partial charge in [0.05, 0.1) is 6.10 Å². The van der Waals surface area contributed by atoms with Gasteiger partial charge in [0.1, 0.15) is 11.9 Å². The van der Waals surface area contributed by atoms with Gasteiger partial charge in [0, 0.05) is 5.39 Å². The van der Waals surface area contributed by atoms with Crippen LogP contribution in [0.1, 0.15) is 19.3 Å². The molecule has 0 heterocycles. The maximum absolute atomic E-state index is 9.80.